The molecule has 0 heterocycles. The molecule has 6 heteroatoms. The Labute approximate surface area is 125 Å². The molecule has 3 nitrogen and oxygen atoms in total. The maximum absolute atomic E-state index is 11.5. The second-order valence-corrected chi connectivity index (χ2v) is 6.43. The SMILES string of the molecule is CC(C)(C)OC(=O)NCc1c(Cl)cc(Br)cc1Cl. The number of hydrogen-bond donors (Lipinski definition) is 1. The minimum absolute atomic E-state index is 0.222. The topological polar surface area (TPSA) is 38.3 Å². The van der Waals surface area contributed by atoms with Gasteiger partial charge in [0.1, 0.15) is 5.60 Å². The molecule has 1 amide bonds. The number of carbonyl (C=O) groups is 1. The number of alkyl carbamates (subject to hydrolysis) is 1. The van der Waals surface area contributed by atoms with Crippen molar-refractivity contribution in [2.75, 3.05) is 0 Å². The molecule has 1 aromatic rings. The van der Waals surface area contributed by atoms with Crippen LogP contribution in [0.25, 0.3) is 0 Å². The highest BCUT2D eigenvalue weighted by Crippen LogP contribution is 2.29. The van der Waals surface area contributed by atoms with Crippen LogP contribution in [-0.4, -0.2) is 11.7 Å². The lowest BCUT2D eigenvalue weighted by Crippen LogP contribution is -2.32. The van der Waals surface area contributed by atoms with Crippen molar-refractivity contribution in [1.82, 2.24) is 5.32 Å². The van der Waals surface area contributed by atoms with E-state index >= 15 is 0 Å². The van der Waals surface area contributed by atoms with Gasteiger partial charge in [-0.25, -0.2) is 4.79 Å². The molecule has 0 radical (unpaired) electrons. The van der Waals surface area contributed by atoms with Crippen molar-refractivity contribution in [3.63, 3.8) is 0 Å². The van der Waals surface area contributed by atoms with Crippen molar-refractivity contribution in [1.29, 1.82) is 0 Å². The minimum atomic E-state index is -0.530. The summed E-state index contributed by atoms with van der Waals surface area (Å²) in [7, 11) is 0. The van der Waals surface area contributed by atoms with E-state index in [0.29, 0.717) is 15.6 Å². The first kappa shape index (κ1) is 15.6. The standard InChI is InChI=1S/C12H14BrCl2NO2/c1-12(2,3)18-11(17)16-6-8-9(14)4-7(13)5-10(8)15/h4-5H,6H2,1-3H3,(H,16,17). The highest BCUT2D eigenvalue weighted by molar-refractivity contribution is 9.10. The van der Waals surface area contributed by atoms with Gasteiger partial charge in [-0.1, -0.05) is 39.1 Å². The van der Waals surface area contributed by atoms with Crippen LogP contribution in [0.1, 0.15) is 26.3 Å². The van der Waals surface area contributed by atoms with Gasteiger partial charge in [0.05, 0.1) is 0 Å². The highest BCUT2D eigenvalue weighted by atomic mass is 79.9. The fraction of sp³-hybridized carbons (Fsp3) is 0.417. The van der Waals surface area contributed by atoms with Crippen LogP contribution in [0.2, 0.25) is 10.0 Å². The smallest absolute Gasteiger partial charge is 0.407 e. The zero-order valence-electron chi connectivity index (χ0n) is 10.3. The molecule has 0 fully saturated rings. The van der Waals surface area contributed by atoms with Crippen LogP contribution in [0, 0.1) is 0 Å². The number of halogens is 3. The molecule has 1 aromatic carbocycles. The van der Waals surface area contributed by atoms with Crippen molar-refractivity contribution in [2.24, 2.45) is 0 Å². The maximum Gasteiger partial charge on any atom is 0.407 e. The lowest BCUT2D eigenvalue weighted by atomic mass is 10.2. The molecule has 0 saturated carbocycles. The van der Waals surface area contributed by atoms with Crippen molar-refractivity contribution >= 4 is 45.2 Å². The monoisotopic (exact) mass is 353 g/mol. The Balaban J connectivity index is 2.67. The molecule has 100 valence electrons. The lowest BCUT2D eigenvalue weighted by Gasteiger charge is -2.20. The number of benzene rings is 1. The van der Waals surface area contributed by atoms with Crippen molar-refractivity contribution in [3.05, 3.63) is 32.2 Å². The van der Waals surface area contributed by atoms with Gasteiger partial charge in [-0.05, 0) is 32.9 Å². The van der Waals surface area contributed by atoms with Crippen LogP contribution in [0.15, 0.2) is 16.6 Å². The molecule has 0 saturated heterocycles. The molecule has 1 rings (SSSR count). The fourth-order valence-corrected chi connectivity index (χ4v) is 2.56. The first-order chi connectivity index (χ1) is 8.19. The maximum atomic E-state index is 11.5. The van der Waals surface area contributed by atoms with Gasteiger partial charge in [0.25, 0.3) is 0 Å². The van der Waals surface area contributed by atoms with Crippen molar-refractivity contribution < 1.29 is 9.53 Å². The van der Waals surface area contributed by atoms with E-state index in [9.17, 15) is 4.79 Å². The first-order valence-electron chi connectivity index (χ1n) is 5.29. The molecule has 0 unspecified atom stereocenters. The Bertz CT molecular complexity index is 435. The summed E-state index contributed by atoms with van der Waals surface area (Å²) in [5.74, 6) is 0. The molecule has 0 bridgehead atoms. The largest absolute Gasteiger partial charge is 0.444 e. The summed E-state index contributed by atoms with van der Waals surface area (Å²) in [6.07, 6.45) is -0.502. The van der Waals surface area contributed by atoms with Gasteiger partial charge in [-0.3, -0.25) is 0 Å². The summed E-state index contributed by atoms with van der Waals surface area (Å²) in [5, 5.41) is 3.59. The molecule has 0 aliphatic carbocycles. The van der Waals surface area contributed by atoms with E-state index in [0.717, 1.165) is 4.47 Å². The lowest BCUT2D eigenvalue weighted by molar-refractivity contribution is 0.0523. The molecular weight excluding hydrogens is 341 g/mol. The first-order valence-corrected chi connectivity index (χ1v) is 6.84. The number of nitrogens with one attached hydrogen (secondary N) is 1. The number of amides is 1. The van der Waals surface area contributed by atoms with Gasteiger partial charge < -0.3 is 10.1 Å². The summed E-state index contributed by atoms with van der Waals surface area (Å²) < 4.78 is 5.91. The highest BCUT2D eigenvalue weighted by Gasteiger charge is 2.16. The van der Waals surface area contributed by atoms with E-state index in [4.69, 9.17) is 27.9 Å². The zero-order valence-corrected chi connectivity index (χ0v) is 13.4. The van der Waals surface area contributed by atoms with E-state index in [2.05, 4.69) is 21.2 Å². The summed E-state index contributed by atoms with van der Waals surface area (Å²) in [6, 6.07) is 3.44. The minimum Gasteiger partial charge on any atom is -0.444 e. The molecule has 0 aliphatic rings. The fourth-order valence-electron chi connectivity index (χ4n) is 1.22. The van der Waals surface area contributed by atoms with Gasteiger partial charge in [0.15, 0.2) is 0 Å². The molecule has 1 N–H and O–H groups in total. The summed E-state index contributed by atoms with van der Waals surface area (Å²) in [4.78, 5) is 11.5. The third-order valence-electron chi connectivity index (χ3n) is 1.91. The number of hydrogen-bond acceptors (Lipinski definition) is 2. The van der Waals surface area contributed by atoms with Crippen LogP contribution in [0.4, 0.5) is 4.79 Å². The van der Waals surface area contributed by atoms with Gasteiger partial charge >= 0.3 is 6.09 Å². The Kier molecular flexibility index (Phi) is 5.32. The second-order valence-electron chi connectivity index (χ2n) is 4.70. The number of rotatable bonds is 2. The van der Waals surface area contributed by atoms with E-state index in [1.165, 1.54) is 0 Å². The van der Waals surface area contributed by atoms with E-state index in [1.807, 2.05) is 0 Å². The Morgan fingerprint density at radius 2 is 1.83 bits per heavy atom. The average Bonchev–Trinajstić information content (AvgIpc) is 2.12. The molecule has 0 aliphatic heterocycles. The molecule has 0 aromatic heterocycles. The Hall–Kier alpha value is -0.450. The van der Waals surface area contributed by atoms with Gasteiger partial charge in [0, 0.05) is 26.6 Å². The summed E-state index contributed by atoms with van der Waals surface area (Å²) in [6.45, 7) is 5.62. The average molecular weight is 355 g/mol. The van der Waals surface area contributed by atoms with E-state index in [-0.39, 0.29) is 6.54 Å². The molecular formula is C12H14BrCl2NO2. The quantitative estimate of drug-likeness (QED) is 0.829. The third-order valence-corrected chi connectivity index (χ3v) is 3.05. The summed E-state index contributed by atoms with van der Waals surface area (Å²) in [5.41, 5.74) is 0.129. The molecule has 18 heavy (non-hydrogen) atoms. The van der Waals surface area contributed by atoms with E-state index < -0.39 is 11.7 Å². The second kappa shape index (κ2) is 6.13. The summed E-state index contributed by atoms with van der Waals surface area (Å²) >= 11 is 15.4. The van der Waals surface area contributed by atoms with Gasteiger partial charge in [-0.15, -0.1) is 0 Å². The Morgan fingerprint density at radius 1 is 1.33 bits per heavy atom. The van der Waals surface area contributed by atoms with Crippen LogP contribution in [0.3, 0.4) is 0 Å². The van der Waals surface area contributed by atoms with E-state index in [1.54, 1.807) is 32.9 Å². The predicted octanol–water partition coefficient (Wildman–Crippen LogP) is 4.78. The van der Waals surface area contributed by atoms with Crippen LogP contribution >= 0.6 is 39.1 Å². The molecule has 0 spiro atoms. The van der Waals surface area contributed by atoms with Crippen LogP contribution < -0.4 is 5.32 Å². The van der Waals surface area contributed by atoms with Crippen LogP contribution in [-0.2, 0) is 11.3 Å². The number of ether oxygens (including phenoxy) is 1. The van der Waals surface area contributed by atoms with Gasteiger partial charge in [-0.2, -0.15) is 0 Å². The third kappa shape index (κ3) is 5.04. The zero-order chi connectivity index (χ0) is 13.9. The predicted molar refractivity (Wildman–Crippen MR) is 77.2 cm³/mol. The van der Waals surface area contributed by atoms with Crippen LogP contribution in [0.5, 0.6) is 0 Å². The normalized spacial score (nSPS) is 11.2. The van der Waals surface area contributed by atoms with Gasteiger partial charge in [0.2, 0.25) is 0 Å². The number of carbonyl (C=O) groups excluding carboxylic acids is 1. The van der Waals surface area contributed by atoms with Crippen molar-refractivity contribution in [2.45, 2.75) is 32.9 Å². The Morgan fingerprint density at radius 3 is 2.28 bits per heavy atom. The van der Waals surface area contributed by atoms with Crippen molar-refractivity contribution in [3.8, 4) is 0 Å². The molecule has 0 atom stereocenters.